The third kappa shape index (κ3) is 10.2. The van der Waals surface area contributed by atoms with E-state index in [1.165, 1.54) is 5.56 Å². The zero-order chi connectivity index (χ0) is 20.9. The van der Waals surface area contributed by atoms with Crippen LogP contribution in [0.15, 0.2) is 24.3 Å². The van der Waals surface area contributed by atoms with Crippen LogP contribution in [0.4, 0.5) is 0 Å². The predicted molar refractivity (Wildman–Crippen MR) is 104 cm³/mol. The monoisotopic (exact) mass is 397 g/mol. The lowest BCUT2D eigenvalue weighted by atomic mass is 10.2. The van der Waals surface area contributed by atoms with Crippen LogP contribution in [0.3, 0.4) is 0 Å². The molecule has 1 heterocycles. The fourth-order valence-electron chi connectivity index (χ4n) is 2.84. The quantitative estimate of drug-likeness (QED) is 0.506. The smallest absolute Gasteiger partial charge is 0.414 e. The van der Waals surface area contributed by atoms with Gasteiger partial charge in [-0.1, -0.05) is 19.1 Å². The molecule has 158 valence electrons. The number of hydrogen-bond donors (Lipinski definition) is 2. The summed E-state index contributed by atoms with van der Waals surface area (Å²) in [5.41, 5.74) is 1.30. The summed E-state index contributed by atoms with van der Waals surface area (Å²) in [6, 6.07) is 8.25. The van der Waals surface area contributed by atoms with Gasteiger partial charge in [-0.25, -0.2) is 9.59 Å². The van der Waals surface area contributed by atoms with Crippen molar-refractivity contribution in [2.75, 3.05) is 39.5 Å². The van der Waals surface area contributed by atoms with E-state index in [-0.39, 0.29) is 0 Å². The molecule has 8 nitrogen and oxygen atoms in total. The van der Waals surface area contributed by atoms with Crippen molar-refractivity contribution < 1.29 is 34.0 Å². The van der Waals surface area contributed by atoms with Crippen LogP contribution in [-0.2, 0) is 25.5 Å². The van der Waals surface area contributed by atoms with Crippen molar-refractivity contribution in [2.45, 2.75) is 39.4 Å². The molecule has 0 spiro atoms. The van der Waals surface area contributed by atoms with Crippen molar-refractivity contribution in [1.29, 1.82) is 0 Å². The molecule has 0 radical (unpaired) electrons. The summed E-state index contributed by atoms with van der Waals surface area (Å²) in [6.07, 6.45) is 1.67. The van der Waals surface area contributed by atoms with Crippen LogP contribution in [0.25, 0.3) is 0 Å². The Kier molecular flexibility index (Phi) is 11.2. The molecule has 1 aromatic carbocycles. The molecule has 0 amide bonds. The Labute approximate surface area is 166 Å². The molecule has 28 heavy (non-hydrogen) atoms. The lowest BCUT2D eigenvalue weighted by Crippen LogP contribution is -2.46. The SMILES string of the molecule is CCc1cccc(OCCOCCN2CC(C)OC(C)C2)c1.O=C(O)C(=O)O. The van der Waals surface area contributed by atoms with Crippen LogP contribution in [-0.4, -0.2) is 78.7 Å². The van der Waals surface area contributed by atoms with Crippen molar-refractivity contribution in [3.05, 3.63) is 29.8 Å². The van der Waals surface area contributed by atoms with E-state index in [1.807, 2.05) is 12.1 Å². The van der Waals surface area contributed by atoms with E-state index < -0.39 is 11.9 Å². The van der Waals surface area contributed by atoms with Crippen LogP contribution in [0, 0.1) is 0 Å². The van der Waals surface area contributed by atoms with Crippen molar-refractivity contribution in [3.8, 4) is 5.75 Å². The molecule has 1 saturated heterocycles. The van der Waals surface area contributed by atoms with E-state index in [2.05, 4.69) is 37.8 Å². The number of carboxylic acid groups (broad SMARTS) is 2. The molecular formula is C20H31NO7. The van der Waals surface area contributed by atoms with Crippen LogP contribution in [0.1, 0.15) is 26.3 Å². The van der Waals surface area contributed by atoms with Gasteiger partial charge in [-0.3, -0.25) is 4.90 Å². The fraction of sp³-hybridized carbons (Fsp3) is 0.600. The normalized spacial score (nSPS) is 19.4. The topological polar surface area (TPSA) is 106 Å². The lowest BCUT2D eigenvalue weighted by molar-refractivity contribution is -0.159. The Morgan fingerprint density at radius 2 is 1.75 bits per heavy atom. The molecule has 1 aromatic rings. The Balaban J connectivity index is 0.000000568. The van der Waals surface area contributed by atoms with Gasteiger partial charge < -0.3 is 24.4 Å². The Hall–Kier alpha value is -2.16. The first-order valence-corrected chi connectivity index (χ1v) is 9.45. The van der Waals surface area contributed by atoms with Crippen LogP contribution in [0.2, 0.25) is 0 Å². The Bertz CT molecular complexity index is 586. The van der Waals surface area contributed by atoms with Crippen LogP contribution < -0.4 is 4.74 Å². The van der Waals surface area contributed by atoms with Gasteiger partial charge in [0.1, 0.15) is 12.4 Å². The molecule has 0 bridgehead atoms. The number of carboxylic acids is 2. The Morgan fingerprint density at radius 3 is 2.32 bits per heavy atom. The van der Waals surface area contributed by atoms with Gasteiger partial charge in [0, 0.05) is 19.6 Å². The number of ether oxygens (including phenoxy) is 3. The highest BCUT2D eigenvalue weighted by atomic mass is 16.5. The van der Waals surface area contributed by atoms with Gasteiger partial charge in [-0.2, -0.15) is 0 Å². The summed E-state index contributed by atoms with van der Waals surface area (Å²) in [5.74, 6) is -2.72. The molecule has 2 N–H and O–H groups in total. The molecular weight excluding hydrogens is 366 g/mol. The number of carbonyl (C=O) groups is 2. The van der Waals surface area contributed by atoms with E-state index >= 15 is 0 Å². The molecule has 1 aliphatic rings. The second-order valence-electron chi connectivity index (χ2n) is 6.59. The first-order chi connectivity index (χ1) is 13.3. The highest BCUT2D eigenvalue weighted by Crippen LogP contribution is 2.13. The number of aliphatic carboxylic acids is 2. The van der Waals surface area contributed by atoms with E-state index in [4.69, 9.17) is 34.0 Å². The molecule has 0 saturated carbocycles. The minimum atomic E-state index is -1.82. The number of hydrogen-bond acceptors (Lipinski definition) is 6. The molecule has 1 fully saturated rings. The number of rotatable bonds is 8. The summed E-state index contributed by atoms with van der Waals surface area (Å²) in [4.78, 5) is 20.6. The maximum Gasteiger partial charge on any atom is 0.414 e. The van der Waals surface area contributed by atoms with E-state index in [1.54, 1.807) is 0 Å². The number of morpholine rings is 1. The minimum absolute atomic E-state index is 0.318. The van der Waals surface area contributed by atoms with Crippen molar-refractivity contribution in [1.82, 2.24) is 4.90 Å². The maximum atomic E-state index is 9.10. The van der Waals surface area contributed by atoms with Crippen LogP contribution in [0.5, 0.6) is 5.75 Å². The summed E-state index contributed by atoms with van der Waals surface area (Å²) >= 11 is 0. The maximum absolute atomic E-state index is 9.10. The Morgan fingerprint density at radius 1 is 1.11 bits per heavy atom. The van der Waals surface area contributed by atoms with Gasteiger partial charge >= 0.3 is 11.9 Å². The van der Waals surface area contributed by atoms with E-state index in [0.717, 1.165) is 38.4 Å². The summed E-state index contributed by atoms with van der Waals surface area (Å²) < 4.78 is 17.1. The average Bonchev–Trinajstić information content (AvgIpc) is 2.64. The highest BCUT2D eigenvalue weighted by molar-refractivity contribution is 6.27. The molecule has 2 rings (SSSR count). The predicted octanol–water partition coefficient (Wildman–Crippen LogP) is 1.91. The molecule has 2 atom stereocenters. The molecule has 0 aromatic heterocycles. The summed E-state index contributed by atoms with van der Waals surface area (Å²) in [6.45, 7) is 11.3. The zero-order valence-electron chi connectivity index (χ0n) is 16.8. The number of nitrogens with zero attached hydrogens (tertiary/aromatic N) is 1. The van der Waals surface area contributed by atoms with Gasteiger partial charge in [0.25, 0.3) is 0 Å². The minimum Gasteiger partial charge on any atom is -0.491 e. The highest BCUT2D eigenvalue weighted by Gasteiger charge is 2.21. The van der Waals surface area contributed by atoms with Crippen molar-refractivity contribution in [2.24, 2.45) is 0 Å². The zero-order valence-corrected chi connectivity index (χ0v) is 16.8. The molecule has 8 heteroatoms. The summed E-state index contributed by atoms with van der Waals surface area (Å²) in [7, 11) is 0. The summed E-state index contributed by atoms with van der Waals surface area (Å²) in [5, 5.41) is 14.8. The first-order valence-electron chi connectivity index (χ1n) is 9.45. The van der Waals surface area contributed by atoms with Gasteiger partial charge in [-0.15, -0.1) is 0 Å². The van der Waals surface area contributed by atoms with Crippen molar-refractivity contribution in [3.63, 3.8) is 0 Å². The van der Waals surface area contributed by atoms with E-state index in [9.17, 15) is 0 Å². The third-order valence-electron chi connectivity index (χ3n) is 4.03. The molecule has 0 aliphatic carbocycles. The number of benzene rings is 1. The third-order valence-corrected chi connectivity index (χ3v) is 4.03. The largest absolute Gasteiger partial charge is 0.491 e. The molecule has 2 unspecified atom stereocenters. The van der Waals surface area contributed by atoms with Crippen LogP contribution >= 0.6 is 0 Å². The first kappa shape index (κ1) is 23.9. The lowest BCUT2D eigenvalue weighted by Gasteiger charge is -2.35. The fourth-order valence-corrected chi connectivity index (χ4v) is 2.84. The molecule has 1 aliphatic heterocycles. The van der Waals surface area contributed by atoms with Crippen molar-refractivity contribution >= 4 is 11.9 Å². The van der Waals surface area contributed by atoms with Gasteiger partial charge in [0.05, 0.1) is 25.4 Å². The van der Waals surface area contributed by atoms with Gasteiger partial charge in [0.15, 0.2) is 0 Å². The average molecular weight is 397 g/mol. The number of aryl methyl sites for hydroxylation is 1. The van der Waals surface area contributed by atoms with Gasteiger partial charge in [-0.05, 0) is 38.0 Å². The standard InChI is InChI=1S/C18H29NO3.C2H2O4/c1-4-17-6-5-7-18(12-17)21-11-10-20-9-8-19-13-15(2)22-16(3)14-19;3-1(4)2(5)6/h5-7,12,15-16H,4,8-11,13-14H2,1-3H3;(H,3,4)(H,5,6). The van der Waals surface area contributed by atoms with Gasteiger partial charge in [0.2, 0.25) is 0 Å². The van der Waals surface area contributed by atoms with E-state index in [0.29, 0.717) is 25.4 Å². The second kappa shape index (κ2) is 13.1. The second-order valence-corrected chi connectivity index (χ2v) is 6.59.